The fourth-order valence-electron chi connectivity index (χ4n) is 2.63. The van der Waals surface area contributed by atoms with E-state index in [1.165, 1.54) is 11.8 Å². The van der Waals surface area contributed by atoms with Crippen LogP contribution in [-0.2, 0) is 4.79 Å². The lowest BCUT2D eigenvalue weighted by molar-refractivity contribution is -0.113. The number of nitrogens with zero attached hydrogens (tertiary/aromatic N) is 1. The number of thioether (sulfide) groups is 1. The number of benzene rings is 3. The number of nitrogens with one attached hydrogen (secondary N) is 1. The molecule has 4 nitrogen and oxygen atoms in total. The minimum absolute atomic E-state index is 0.113. The molecule has 0 bridgehead atoms. The van der Waals surface area contributed by atoms with E-state index in [4.69, 9.17) is 39.2 Å². The van der Waals surface area contributed by atoms with Gasteiger partial charge in [-0.1, -0.05) is 34.8 Å². The lowest BCUT2D eigenvalue weighted by Gasteiger charge is -2.05. The Hall–Kier alpha value is -2.18. The second-order valence-corrected chi connectivity index (χ2v) is 8.42. The van der Waals surface area contributed by atoms with Crippen molar-refractivity contribution in [2.75, 3.05) is 11.1 Å². The summed E-state index contributed by atoms with van der Waals surface area (Å²) >= 11 is 19.3. The number of oxazole rings is 1. The molecular formula is C21H13Cl3N2O2S. The van der Waals surface area contributed by atoms with E-state index in [9.17, 15) is 4.79 Å². The predicted octanol–water partition coefficient (Wildman–Crippen LogP) is 7.19. The highest BCUT2D eigenvalue weighted by Crippen LogP contribution is 2.31. The lowest BCUT2D eigenvalue weighted by Crippen LogP contribution is -2.13. The number of fused-ring (bicyclic) bond motifs is 1. The smallest absolute Gasteiger partial charge is 0.234 e. The molecule has 0 saturated carbocycles. The molecule has 0 saturated heterocycles. The number of carbonyl (C=O) groups excluding carboxylic acids is 1. The Balaban J connectivity index is 1.46. The largest absolute Gasteiger partial charge is 0.436 e. The van der Waals surface area contributed by atoms with Crippen molar-refractivity contribution in [2.24, 2.45) is 0 Å². The third kappa shape index (κ3) is 4.87. The van der Waals surface area contributed by atoms with Gasteiger partial charge in [-0.2, -0.15) is 0 Å². The van der Waals surface area contributed by atoms with Crippen LogP contribution in [-0.4, -0.2) is 16.6 Å². The highest BCUT2D eigenvalue weighted by molar-refractivity contribution is 8.00. The SMILES string of the molecule is O=C(CSc1ccc(Cl)cc1)Nc1ccc2oc(-c3ccc(Cl)c(Cl)c3)nc2c1. The number of amides is 1. The molecule has 0 aliphatic rings. The van der Waals surface area contributed by atoms with E-state index in [2.05, 4.69) is 10.3 Å². The summed E-state index contributed by atoms with van der Waals surface area (Å²) in [6, 6.07) is 17.8. The average molecular weight is 464 g/mol. The van der Waals surface area contributed by atoms with Gasteiger partial charge in [-0.15, -0.1) is 11.8 Å². The highest BCUT2D eigenvalue weighted by atomic mass is 35.5. The zero-order valence-electron chi connectivity index (χ0n) is 14.8. The molecule has 4 rings (SSSR count). The minimum atomic E-state index is -0.113. The third-order valence-corrected chi connectivity index (χ3v) is 6.02. The van der Waals surface area contributed by atoms with Crippen LogP contribution in [0.5, 0.6) is 0 Å². The zero-order valence-corrected chi connectivity index (χ0v) is 17.9. The van der Waals surface area contributed by atoms with Gasteiger partial charge in [0.15, 0.2) is 5.58 Å². The van der Waals surface area contributed by atoms with E-state index in [1.54, 1.807) is 48.5 Å². The molecule has 0 unspecified atom stereocenters. The van der Waals surface area contributed by atoms with Gasteiger partial charge in [-0.05, 0) is 60.7 Å². The van der Waals surface area contributed by atoms with Crippen molar-refractivity contribution < 1.29 is 9.21 Å². The van der Waals surface area contributed by atoms with Crippen LogP contribution in [0.3, 0.4) is 0 Å². The van der Waals surface area contributed by atoms with Gasteiger partial charge in [0, 0.05) is 21.2 Å². The van der Waals surface area contributed by atoms with Crippen LogP contribution < -0.4 is 5.32 Å². The second-order valence-electron chi connectivity index (χ2n) is 6.12. The Labute approximate surface area is 186 Å². The summed E-state index contributed by atoms with van der Waals surface area (Å²) in [5.74, 6) is 0.602. The second kappa shape index (κ2) is 8.67. The van der Waals surface area contributed by atoms with E-state index in [1.807, 2.05) is 12.1 Å². The first-order valence-corrected chi connectivity index (χ1v) is 10.6. The molecule has 1 heterocycles. The maximum Gasteiger partial charge on any atom is 0.234 e. The molecule has 0 fully saturated rings. The van der Waals surface area contributed by atoms with E-state index < -0.39 is 0 Å². The van der Waals surface area contributed by atoms with Crippen LogP contribution in [0, 0.1) is 0 Å². The van der Waals surface area contributed by atoms with Gasteiger partial charge in [0.1, 0.15) is 5.52 Å². The Morgan fingerprint density at radius 2 is 1.76 bits per heavy atom. The number of rotatable bonds is 5. The summed E-state index contributed by atoms with van der Waals surface area (Å²) in [6.45, 7) is 0. The number of hydrogen-bond acceptors (Lipinski definition) is 4. The van der Waals surface area contributed by atoms with Crippen molar-refractivity contribution in [3.8, 4) is 11.5 Å². The van der Waals surface area contributed by atoms with Crippen molar-refractivity contribution in [1.82, 2.24) is 4.98 Å². The van der Waals surface area contributed by atoms with Crippen molar-refractivity contribution >= 4 is 69.3 Å². The quantitative estimate of drug-likeness (QED) is 0.318. The summed E-state index contributed by atoms with van der Waals surface area (Å²) < 4.78 is 5.78. The van der Waals surface area contributed by atoms with Crippen molar-refractivity contribution in [2.45, 2.75) is 4.90 Å². The fraction of sp³-hybridized carbons (Fsp3) is 0.0476. The summed E-state index contributed by atoms with van der Waals surface area (Å²) in [6.07, 6.45) is 0. The zero-order chi connectivity index (χ0) is 20.4. The molecule has 0 radical (unpaired) electrons. The predicted molar refractivity (Wildman–Crippen MR) is 120 cm³/mol. The lowest BCUT2D eigenvalue weighted by atomic mass is 10.2. The maximum atomic E-state index is 12.3. The van der Waals surface area contributed by atoms with Crippen molar-refractivity contribution in [3.63, 3.8) is 0 Å². The molecule has 4 aromatic rings. The molecular weight excluding hydrogens is 451 g/mol. The Kier molecular flexibility index (Phi) is 6.01. The van der Waals surface area contributed by atoms with Crippen LogP contribution in [0.4, 0.5) is 5.69 Å². The first-order chi connectivity index (χ1) is 14.0. The monoisotopic (exact) mass is 462 g/mol. The summed E-state index contributed by atoms with van der Waals surface area (Å²) in [5, 5.41) is 4.44. The summed E-state index contributed by atoms with van der Waals surface area (Å²) in [5.41, 5.74) is 2.61. The number of hydrogen-bond donors (Lipinski definition) is 1. The van der Waals surface area contributed by atoms with Crippen molar-refractivity contribution in [3.05, 3.63) is 75.7 Å². The number of halogens is 3. The van der Waals surface area contributed by atoms with Gasteiger partial charge in [-0.25, -0.2) is 4.98 Å². The third-order valence-electron chi connectivity index (χ3n) is 4.02. The Morgan fingerprint density at radius 1 is 0.966 bits per heavy atom. The molecule has 1 aromatic heterocycles. The van der Waals surface area contributed by atoms with Gasteiger partial charge in [0.2, 0.25) is 11.8 Å². The molecule has 0 spiro atoms. The molecule has 0 aliphatic carbocycles. The number of anilines is 1. The molecule has 29 heavy (non-hydrogen) atoms. The van der Waals surface area contributed by atoms with Gasteiger partial charge in [0.05, 0.1) is 15.8 Å². The van der Waals surface area contributed by atoms with Crippen LogP contribution >= 0.6 is 46.6 Å². The van der Waals surface area contributed by atoms with Gasteiger partial charge >= 0.3 is 0 Å². The first-order valence-electron chi connectivity index (χ1n) is 8.52. The first kappa shape index (κ1) is 20.1. The van der Waals surface area contributed by atoms with Crippen LogP contribution in [0.25, 0.3) is 22.6 Å². The van der Waals surface area contributed by atoms with Gasteiger partial charge in [0.25, 0.3) is 0 Å². The summed E-state index contributed by atoms with van der Waals surface area (Å²) in [4.78, 5) is 17.7. The van der Waals surface area contributed by atoms with Gasteiger partial charge < -0.3 is 9.73 Å². The van der Waals surface area contributed by atoms with Gasteiger partial charge in [-0.3, -0.25) is 4.79 Å². The van der Waals surface area contributed by atoms with E-state index >= 15 is 0 Å². The van der Waals surface area contributed by atoms with E-state index in [0.717, 1.165) is 10.5 Å². The summed E-state index contributed by atoms with van der Waals surface area (Å²) in [7, 11) is 0. The topological polar surface area (TPSA) is 55.1 Å². The Bertz CT molecular complexity index is 1190. The molecule has 0 aliphatic heterocycles. The number of aromatic nitrogens is 1. The molecule has 0 atom stereocenters. The maximum absolute atomic E-state index is 12.3. The van der Waals surface area contributed by atoms with Crippen LogP contribution in [0.15, 0.2) is 70.0 Å². The highest BCUT2D eigenvalue weighted by Gasteiger charge is 2.11. The fourth-order valence-corrected chi connectivity index (χ4v) is 3.76. The van der Waals surface area contributed by atoms with Crippen LogP contribution in [0.2, 0.25) is 15.1 Å². The molecule has 1 N–H and O–H groups in total. The van der Waals surface area contributed by atoms with E-state index in [0.29, 0.717) is 37.7 Å². The minimum Gasteiger partial charge on any atom is -0.436 e. The molecule has 146 valence electrons. The number of carbonyl (C=O) groups is 1. The Morgan fingerprint density at radius 3 is 2.52 bits per heavy atom. The average Bonchev–Trinajstić information content (AvgIpc) is 3.13. The molecule has 8 heteroatoms. The standard InChI is InChI=1S/C21H13Cl3N2O2S/c22-13-2-5-15(6-3-13)29-11-20(27)25-14-4-8-19-18(10-14)26-21(28-19)12-1-7-16(23)17(24)9-12/h1-10H,11H2,(H,25,27). The van der Waals surface area contributed by atoms with Crippen LogP contribution in [0.1, 0.15) is 0 Å². The molecule has 3 aromatic carbocycles. The van der Waals surface area contributed by atoms with E-state index in [-0.39, 0.29) is 11.7 Å². The van der Waals surface area contributed by atoms with Crippen molar-refractivity contribution in [1.29, 1.82) is 0 Å². The molecule has 1 amide bonds. The normalized spacial score (nSPS) is 11.0.